The van der Waals surface area contributed by atoms with Crippen LogP contribution in [-0.4, -0.2) is 74.0 Å². The molecule has 0 aromatic heterocycles. The summed E-state index contributed by atoms with van der Waals surface area (Å²) in [5.74, 6) is -0.182. The Morgan fingerprint density at radius 2 is 1.62 bits per heavy atom. The van der Waals surface area contributed by atoms with Crippen molar-refractivity contribution in [2.45, 2.75) is 38.0 Å². The van der Waals surface area contributed by atoms with Crippen molar-refractivity contribution in [1.82, 2.24) is 20.4 Å². The van der Waals surface area contributed by atoms with Gasteiger partial charge in [-0.05, 0) is 61.0 Å². The van der Waals surface area contributed by atoms with Crippen molar-refractivity contribution in [3.05, 3.63) is 100 Å². The number of nitrogens with zero attached hydrogens (tertiary/aromatic N) is 3. The molecule has 0 unspecified atom stereocenters. The number of fused-ring (bicyclic) bond motifs is 1. The number of anilines is 1. The number of amides is 2. The largest absolute Gasteiger partial charge is 0.368 e. The molecular weight excluding hydrogens is 522 g/mol. The van der Waals surface area contributed by atoms with E-state index in [0.717, 1.165) is 25.2 Å². The van der Waals surface area contributed by atoms with E-state index in [9.17, 15) is 9.59 Å². The van der Waals surface area contributed by atoms with E-state index in [1.165, 1.54) is 22.4 Å². The van der Waals surface area contributed by atoms with Crippen molar-refractivity contribution in [1.29, 1.82) is 0 Å². The molecule has 0 saturated carbocycles. The van der Waals surface area contributed by atoms with Gasteiger partial charge >= 0.3 is 0 Å². The second-order valence-electron chi connectivity index (χ2n) is 11.0. The Kier molecular flexibility index (Phi) is 9.04. The molecule has 2 atom stereocenters. The number of rotatable bonds is 8. The molecule has 0 radical (unpaired) electrons. The number of para-hydroxylation sites is 1. The lowest BCUT2D eigenvalue weighted by Crippen LogP contribution is -2.58. The normalized spacial score (nSPS) is 17.9. The number of carbonyl (C=O) groups excluding carboxylic acids is 2. The van der Waals surface area contributed by atoms with Crippen LogP contribution in [-0.2, 0) is 35.5 Å². The zero-order valence-corrected chi connectivity index (χ0v) is 24.0. The van der Waals surface area contributed by atoms with Gasteiger partial charge in [-0.15, -0.1) is 0 Å². The summed E-state index contributed by atoms with van der Waals surface area (Å²) in [6.45, 7) is 4.22. The Morgan fingerprint density at radius 1 is 0.950 bits per heavy atom. The summed E-state index contributed by atoms with van der Waals surface area (Å²) in [6, 6.07) is 23.1. The molecule has 0 spiro atoms. The minimum atomic E-state index is -0.653. The molecule has 2 heterocycles. The van der Waals surface area contributed by atoms with E-state index < -0.39 is 6.04 Å². The lowest BCUT2D eigenvalue weighted by molar-refractivity contribution is -0.137. The van der Waals surface area contributed by atoms with Gasteiger partial charge in [0.2, 0.25) is 11.8 Å². The molecule has 1 fully saturated rings. The van der Waals surface area contributed by atoms with Crippen molar-refractivity contribution in [3.8, 4) is 0 Å². The van der Waals surface area contributed by atoms with Gasteiger partial charge in [0.15, 0.2) is 0 Å². The summed E-state index contributed by atoms with van der Waals surface area (Å²) in [5, 5.41) is 7.10. The first-order valence-electron chi connectivity index (χ1n) is 14.0. The zero-order valence-electron chi connectivity index (χ0n) is 23.3. The molecular formula is C32H38ClN5O2. The first-order chi connectivity index (χ1) is 19.4. The third-order valence-corrected chi connectivity index (χ3v) is 8.03. The van der Waals surface area contributed by atoms with E-state index in [-0.39, 0.29) is 17.9 Å². The number of hydrogen-bond acceptors (Lipinski definition) is 5. The van der Waals surface area contributed by atoms with Crippen LogP contribution in [0.25, 0.3) is 0 Å². The first-order valence-corrected chi connectivity index (χ1v) is 14.4. The van der Waals surface area contributed by atoms with E-state index in [2.05, 4.69) is 70.9 Å². The predicted molar refractivity (Wildman–Crippen MR) is 160 cm³/mol. The second kappa shape index (κ2) is 12.9. The molecule has 7 nitrogen and oxygen atoms in total. The molecule has 210 valence electrons. The van der Waals surface area contributed by atoms with Gasteiger partial charge < -0.3 is 25.3 Å². The smallest absolute Gasteiger partial charge is 0.245 e. The molecule has 0 bridgehead atoms. The SMILES string of the molecule is CN(C)Cc1ccccc1N1CCN(C(=O)[C@@H](Cc2ccc(Cl)cc2)NC(=O)[C@@H]2Cc3ccccc3CN2)CC1. The number of hydrogen-bond donors (Lipinski definition) is 2. The number of nitrogens with one attached hydrogen (secondary N) is 2. The van der Waals surface area contributed by atoms with Crippen molar-refractivity contribution >= 4 is 29.1 Å². The first kappa shape index (κ1) is 28.1. The number of piperazine rings is 1. The van der Waals surface area contributed by atoms with Gasteiger partial charge in [0.05, 0.1) is 6.04 Å². The molecule has 8 heteroatoms. The van der Waals surface area contributed by atoms with Crippen LogP contribution < -0.4 is 15.5 Å². The second-order valence-corrected chi connectivity index (χ2v) is 11.4. The zero-order chi connectivity index (χ0) is 28.1. The van der Waals surface area contributed by atoms with Crippen LogP contribution in [0.4, 0.5) is 5.69 Å². The maximum absolute atomic E-state index is 13.9. The molecule has 5 rings (SSSR count). The average Bonchev–Trinajstić information content (AvgIpc) is 2.97. The third kappa shape index (κ3) is 6.84. The van der Waals surface area contributed by atoms with Gasteiger partial charge in [0, 0.05) is 56.4 Å². The Hall–Kier alpha value is -3.39. The highest BCUT2D eigenvalue weighted by molar-refractivity contribution is 6.30. The Balaban J connectivity index is 1.27. The lowest BCUT2D eigenvalue weighted by atomic mass is 9.95. The summed E-state index contributed by atoms with van der Waals surface area (Å²) in [7, 11) is 4.15. The van der Waals surface area contributed by atoms with E-state index in [4.69, 9.17) is 11.6 Å². The molecule has 2 aliphatic heterocycles. The summed E-state index contributed by atoms with van der Waals surface area (Å²) >= 11 is 6.10. The summed E-state index contributed by atoms with van der Waals surface area (Å²) in [4.78, 5) is 33.7. The third-order valence-electron chi connectivity index (χ3n) is 7.78. The predicted octanol–water partition coefficient (Wildman–Crippen LogP) is 3.49. The summed E-state index contributed by atoms with van der Waals surface area (Å²) < 4.78 is 0. The fourth-order valence-corrected chi connectivity index (χ4v) is 5.78. The molecule has 1 saturated heterocycles. The van der Waals surface area contributed by atoms with Crippen molar-refractivity contribution in [2.24, 2.45) is 0 Å². The maximum Gasteiger partial charge on any atom is 0.245 e. The lowest BCUT2D eigenvalue weighted by Gasteiger charge is -2.39. The minimum absolute atomic E-state index is 0.0410. The van der Waals surface area contributed by atoms with Crippen LogP contribution in [0.3, 0.4) is 0 Å². The van der Waals surface area contributed by atoms with Crippen molar-refractivity contribution in [3.63, 3.8) is 0 Å². The van der Waals surface area contributed by atoms with Crippen LogP contribution in [0, 0.1) is 0 Å². The number of halogens is 1. The fraction of sp³-hybridized carbons (Fsp3) is 0.375. The Labute approximate surface area is 242 Å². The quantitative estimate of drug-likeness (QED) is 0.442. The van der Waals surface area contributed by atoms with Crippen molar-refractivity contribution < 1.29 is 9.59 Å². The molecule has 3 aromatic carbocycles. The summed E-state index contributed by atoms with van der Waals surface area (Å²) in [6.07, 6.45) is 1.02. The molecule has 3 aromatic rings. The van der Waals surface area contributed by atoms with Gasteiger partial charge in [-0.1, -0.05) is 66.2 Å². The van der Waals surface area contributed by atoms with Gasteiger partial charge in [-0.2, -0.15) is 0 Å². The number of benzene rings is 3. The fourth-order valence-electron chi connectivity index (χ4n) is 5.65. The molecule has 2 amide bonds. The van der Waals surface area contributed by atoms with E-state index in [1.54, 1.807) is 0 Å². The van der Waals surface area contributed by atoms with Crippen molar-refractivity contribution in [2.75, 3.05) is 45.2 Å². The maximum atomic E-state index is 13.9. The highest BCUT2D eigenvalue weighted by Gasteiger charge is 2.32. The average molecular weight is 560 g/mol. The highest BCUT2D eigenvalue weighted by atomic mass is 35.5. The summed E-state index contributed by atoms with van der Waals surface area (Å²) in [5.41, 5.74) is 5.85. The van der Waals surface area contributed by atoms with E-state index >= 15 is 0 Å². The Bertz CT molecular complexity index is 1320. The Morgan fingerprint density at radius 3 is 2.35 bits per heavy atom. The van der Waals surface area contributed by atoms with E-state index in [1.807, 2.05) is 41.3 Å². The minimum Gasteiger partial charge on any atom is -0.368 e. The van der Waals surface area contributed by atoms with Gasteiger partial charge in [0.1, 0.15) is 6.04 Å². The van der Waals surface area contributed by atoms with Gasteiger partial charge in [-0.3, -0.25) is 9.59 Å². The molecule has 2 N–H and O–H groups in total. The van der Waals surface area contributed by atoms with Crippen LogP contribution in [0.2, 0.25) is 5.02 Å². The number of carbonyl (C=O) groups is 2. The van der Waals surface area contributed by atoms with Crippen LogP contribution in [0.5, 0.6) is 0 Å². The standard InChI is InChI=1S/C32H38ClN5O2/c1-36(2)22-26-9-5-6-10-30(26)37-15-17-38(18-16-37)32(40)29(19-23-11-13-27(33)14-12-23)35-31(39)28-20-24-7-3-4-8-25(24)21-34-28/h3-14,28-29,34H,15-22H2,1-2H3,(H,35,39)/t28-,29+/m0/s1. The monoisotopic (exact) mass is 559 g/mol. The van der Waals surface area contributed by atoms with Crippen LogP contribution >= 0.6 is 11.6 Å². The van der Waals surface area contributed by atoms with E-state index in [0.29, 0.717) is 37.5 Å². The van der Waals surface area contributed by atoms with Gasteiger partial charge in [0.25, 0.3) is 0 Å². The molecule has 2 aliphatic rings. The molecule has 0 aliphatic carbocycles. The van der Waals surface area contributed by atoms with Crippen LogP contribution in [0.15, 0.2) is 72.8 Å². The van der Waals surface area contributed by atoms with Crippen LogP contribution in [0.1, 0.15) is 22.3 Å². The van der Waals surface area contributed by atoms with Gasteiger partial charge in [-0.25, -0.2) is 0 Å². The highest BCUT2D eigenvalue weighted by Crippen LogP contribution is 2.23. The topological polar surface area (TPSA) is 67.9 Å². The molecule has 40 heavy (non-hydrogen) atoms.